The fourth-order valence-electron chi connectivity index (χ4n) is 2.74. The zero-order valence-corrected chi connectivity index (χ0v) is 18.2. The van der Waals surface area contributed by atoms with Crippen LogP contribution in [0.15, 0.2) is 48.5 Å². The summed E-state index contributed by atoms with van der Waals surface area (Å²) in [6, 6.07) is 14.6. The highest BCUT2D eigenvalue weighted by molar-refractivity contribution is 7.17. The number of thiazole rings is 1. The third kappa shape index (κ3) is 4.96. The number of para-hydroxylation sites is 1. The first-order valence-electron chi connectivity index (χ1n) is 8.96. The number of carbonyl (C=O) groups excluding carboxylic acids is 2. The molecule has 0 fully saturated rings. The van der Waals surface area contributed by atoms with E-state index >= 15 is 0 Å². The molecule has 0 aliphatic rings. The number of halogens is 2. The van der Waals surface area contributed by atoms with Crippen LogP contribution in [-0.2, 0) is 4.79 Å². The zero-order chi connectivity index (χ0) is 21.0. The molecule has 0 unspecified atom stereocenters. The van der Waals surface area contributed by atoms with Gasteiger partial charge in [0.1, 0.15) is 16.4 Å². The lowest BCUT2D eigenvalue weighted by Crippen LogP contribution is -2.37. The summed E-state index contributed by atoms with van der Waals surface area (Å²) in [7, 11) is 0. The van der Waals surface area contributed by atoms with Crippen LogP contribution in [-0.4, -0.2) is 34.8 Å². The summed E-state index contributed by atoms with van der Waals surface area (Å²) in [6.45, 7) is 3.88. The average molecular weight is 448 g/mol. The number of amides is 2. The third-order valence-electron chi connectivity index (χ3n) is 4.24. The summed E-state index contributed by atoms with van der Waals surface area (Å²) in [5, 5.41) is 4.14. The number of aromatic nitrogens is 1. The molecule has 1 heterocycles. The second kappa shape index (κ2) is 9.39. The molecule has 2 aromatic carbocycles. The Morgan fingerprint density at radius 1 is 1.07 bits per heavy atom. The van der Waals surface area contributed by atoms with E-state index in [2.05, 4.69) is 10.3 Å². The molecule has 0 aliphatic heterocycles. The van der Waals surface area contributed by atoms with E-state index < -0.39 is 0 Å². The zero-order valence-electron chi connectivity index (χ0n) is 15.9. The number of hydrogen-bond donors (Lipinski definition) is 1. The standard InChI is InChI=1S/C21H19Cl2N3O2S/c1-3-26(12-17(27)25-18-15(22)10-7-11-16(18)23)21(28)19-13(2)24-20(29-19)14-8-5-4-6-9-14/h4-11H,3,12H2,1-2H3,(H,25,27). The molecule has 0 aliphatic carbocycles. The van der Waals surface area contributed by atoms with Crippen molar-refractivity contribution in [1.82, 2.24) is 9.88 Å². The Hall–Kier alpha value is -2.41. The molecular weight excluding hydrogens is 429 g/mol. The summed E-state index contributed by atoms with van der Waals surface area (Å²) < 4.78 is 0. The van der Waals surface area contributed by atoms with Crippen LogP contribution < -0.4 is 5.32 Å². The predicted molar refractivity (Wildman–Crippen MR) is 119 cm³/mol. The van der Waals surface area contributed by atoms with Crippen LogP contribution >= 0.6 is 34.5 Å². The smallest absolute Gasteiger partial charge is 0.266 e. The number of rotatable bonds is 6. The van der Waals surface area contributed by atoms with Crippen LogP contribution in [0.2, 0.25) is 10.0 Å². The molecule has 0 atom stereocenters. The molecular formula is C21H19Cl2N3O2S. The molecule has 5 nitrogen and oxygen atoms in total. The van der Waals surface area contributed by atoms with E-state index in [0.717, 1.165) is 10.6 Å². The van der Waals surface area contributed by atoms with Crippen LogP contribution in [0.3, 0.4) is 0 Å². The number of aryl methyl sites for hydroxylation is 1. The monoisotopic (exact) mass is 447 g/mol. The average Bonchev–Trinajstić information content (AvgIpc) is 3.11. The van der Waals surface area contributed by atoms with Gasteiger partial charge in [0.2, 0.25) is 5.91 Å². The van der Waals surface area contributed by atoms with E-state index in [9.17, 15) is 9.59 Å². The molecule has 2 amide bonds. The fourth-order valence-corrected chi connectivity index (χ4v) is 4.27. The van der Waals surface area contributed by atoms with Gasteiger partial charge >= 0.3 is 0 Å². The molecule has 8 heteroatoms. The maximum atomic E-state index is 13.0. The van der Waals surface area contributed by atoms with Gasteiger partial charge in [-0.2, -0.15) is 0 Å². The Balaban J connectivity index is 1.75. The van der Waals surface area contributed by atoms with Crippen LogP contribution in [0.25, 0.3) is 10.6 Å². The minimum absolute atomic E-state index is 0.116. The summed E-state index contributed by atoms with van der Waals surface area (Å²) >= 11 is 13.5. The molecule has 3 aromatic rings. The van der Waals surface area contributed by atoms with Gasteiger partial charge in [-0.3, -0.25) is 9.59 Å². The number of likely N-dealkylation sites (N-methyl/N-ethyl adjacent to an activating group) is 1. The number of carbonyl (C=O) groups is 2. The van der Waals surface area contributed by atoms with Gasteiger partial charge < -0.3 is 10.2 Å². The van der Waals surface area contributed by atoms with E-state index in [1.165, 1.54) is 16.2 Å². The number of hydrogen-bond acceptors (Lipinski definition) is 4. The Morgan fingerprint density at radius 3 is 2.34 bits per heavy atom. The summed E-state index contributed by atoms with van der Waals surface area (Å²) in [4.78, 5) is 32.0. The Bertz CT molecular complexity index is 1020. The van der Waals surface area contributed by atoms with Crippen molar-refractivity contribution in [2.24, 2.45) is 0 Å². The van der Waals surface area contributed by atoms with Crippen molar-refractivity contribution in [1.29, 1.82) is 0 Å². The Labute approximate surface area is 183 Å². The number of benzene rings is 2. The quantitative estimate of drug-likeness (QED) is 0.540. The summed E-state index contributed by atoms with van der Waals surface area (Å²) in [6.07, 6.45) is 0. The van der Waals surface area contributed by atoms with Gasteiger partial charge in [-0.1, -0.05) is 59.6 Å². The molecule has 1 N–H and O–H groups in total. The van der Waals surface area contributed by atoms with Crippen molar-refractivity contribution < 1.29 is 9.59 Å². The maximum absolute atomic E-state index is 13.0. The molecule has 3 rings (SSSR count). The van der Waals surface area contributed by atoms with Gasteiger partial charge in [-0.15, -0.1) is 11.3 Å². The molecule has 0 saturated carbocycles. The van der Waals surface area contributed by atoms with Crippen LogP contribution in [0.1, 0.15) is 22.3 Å². The molecule has 1 aromatic heterocycles. The van der Waals surface area contributed by atoms with E-state index in [-0.39, 0.29) is 18.4 Å². The van der Waals surface area contributed by atoms with Crippen molar-refractivity contribution in [3.63, 3.8) is 0 Å². The SMILES string of the molecule is CCN(CC(=O)Nc1c(Cl)cccc1Cl)C(=O)c1sc(-c2ccccc2)nc1C. The van der Waals surface area contributed by atoms with E-state index in [1.807, 2.05) is 37.3 Å². The highest BCUT2D eigenvalue weighted by Gasteiger charge is 2.23. The topological polar surface area (TPSA) is 62.3 Å². The first kappa shape index (κ1) is 21.3. The molecule has 0 spiro atoms. The van der Waals surface area contributed by atoms with Crippen LogP contribution in [0, 0.1) is 6.92 Å². The van der Waals surface area contributed by atoms with Crippen molar-refractivity contribution in [3.05, 3.63) is 69.1 Å². The van der Waals surface area contributed by atoms with Crippen molar-refractivity contribution >= 4 is 52.0 Å². The van der Waals surface area contributed by atoms with Crippen LogP contribution in [0.4, 0.5) is 5.69 Å². The molecule has 0 saturated heterocycles. The minimum atomic E-state index is -0.374. The molecule has 0 bridgehead atoms. The third-order valence-corrected chi connectivity index (χ3v) is 6.07. The Kier molecular flexibility index (Phi) is 6.90. The first-order chi connectivity index (χ1) is 13.9. The van der Waals surface area contributed by atoms with E-state index in [1.54, 1.807) is 25.1 Å². The van der Waals surface area contributed by atoms with Crippen molar-refractivity contribution in [3.8, 4) is 10.6 Å². The molecule has 0 radical (unpaired) electrons. The Morgan fingerprint density at radius 2 is 1.72 bits per heavy atom. The van der Waals surface area contributed by atoms with Gasteiger partial charge in [0.25, 0.3) is 5.91 Å². The van der Waals surface area contributed by atoms with Crippen molar-refractivity contribution in [2.45, 2.75) is 13.8 Å². The first-order valence-corrected chi connectivity index (χ1v) is 10.5. The van der Waals surface area contributed by atoms with Gasteiger partial charge in [0.05, 0.1) is 21.4 Å². The van der Waals surface area contributed by atoms with Gasteiger partial charge in [-0.05, 0) is 26.0 Å². The lowest BCUT2D eigenvalue weighted by Gasteiger charge is -2.20. The fraction of sp³-hybridized carbons (Fsp3) is 0.190. The highest BCUT2D eigenvalue weighted by Crippen LogP contribution is 2.30. The number of nitrogens with one attached hydrogen (secondary N) is 1. The van der Waals surface area contributed by atoms with E-state index in [0.29, 0.717) is 32.8 Å². The predicted octanol–water partition coefficient (Wildman–Crippen LogP) is 5.53. The summed E-state index contributed by atoms with van der Waals surface area (Å²) in [5.41, 5.74) is 1.94. The second-order valence-corrected chi connectivity index (χ2v) is 8.08. The highest BCUT2D eigenvalue weighted by atomic mass is 35.5. The largest absolute Gasteiger partial charge is 0.329 e. The number of anilines is 1. The van der Waals surface area contributed by atoms with E-state index in [4.69, 9.17) is 23.2 Å². The molecule has 29 heavy (non-hydrogen) atoms. The number of nitrogens with zero attached hydrogens (tertiary/aromatic N) is 2. The maximum Gasteiger partial charge on any atom is 0.266 e. The van der Waals surface area contributed by atoms with Gasteiger partial charge in [0.15, 0.2) is 0 Å². The summed E-state index contributed by atoms with van der Waals surface area (Å²) in [5.74, 6) is -0.606. The molecule has 150 valence electrons. The van der Waals surface area contributed by atoms with Gasteiger partial charge in [0, 0.05) is 12.1 Å². The second-order valence-electron chi connectivity index (χ2n) is 6.26. The lowest BCUT2D eigenvalue weighted by molar-refractivity contribution is -0.116. The van der Waals surface area contributed by atoms with Gasteiger partial charge in [-0.25, -0.2) is 4.98 Å². The normalized spacial score (nSPS) is 10.6. The lowest BCUT2D eigenvalue weighted by atomic mass is 10.2. The van der Waals surface area contributed by atoms with Crippen LogP contribution in [0.5, 0.6) is 0 Å². The van der Waals surface area contributed by atoms with Crippen molar-refractivity contribution in [2.75, 3.05) is 18.4 Å². The minimum Gasteiger partial charge on any atom is -0.329 e.